The lowest BCUT2D eigenvalue weighted by Crippen LogP contribution is -2.21. The number of sulfone groups is 1. The number of aromatic nitrogens is 3. The van der Waals surface area contributed by atoms with Crippen LogP contribution in [0.4, 0.5) is 32.2 Å². The van der Waals surface area contributed by atoms with E-state index in [0.717, 1.165) is 11.6 Å². The summed E-state index contributed by atoms with van der Waals surface area (Å²) < 4.78 is 112. The second kappa shape index (κ2) is 10.1. The summed E-state index contributed by atoms with van der Waals surface area (Å²) >= 11 is 0. The lowest BCUT2D eigenvalue weighted by molar-refractivity contribution is -0.155. The van der Waals surface area contributed by atoms with E-state index in [2.05, 4.69) is 20.0 Å². The molecule has 2 rings (SSSR count). The second-order valence-electron chi connectivity index (χ2n) is 6.70. The van der Waals surface area contributed by atoms with Gasteiger partial charge in [0.2, 0.25) is 0 Å². The number of alkyl halides is 6. The summed E-state index contributed by atoms with van der Waals surface area (Å²) in [5.41, 5.74) is -1.99. The second-order valence-corrected chi connectivity index (χ2v) is 8.90. The molecule has 0 amide bonds. The highest BCUT2D eigenvalue weighted by atomic mass is 32.2. The first-order valence-electron chi connectivity index (χ1n) is 9.56. The Labute approximate surface area is 190 Å². The van der Waals surface area contributed by atoms with Crippen molar-refractivity contribution in [2.24, 2.45) is 7.05 Å². The first kappa shape index (κ1) is 27.2. The number of nitrogens with one attached hydrogen (secondary N) is 1. The largest absolute Gasteiger partial charge is 0.462 e. The average molecular weight is 518 g/mol. The van der Waals surface area contributed by atoms with Crippen LogP contribution in [-0.4, -0.2) is 54.1 Å². The molecule has 0 spiro atoms. The lowest BCUT2D eigenvalue weighted by Gasteiger charge is -2.13. The molecule has 2 heterocycles. The van der Waals surface area contributed by atoms with Crippen LogP contribution in [0.3, 0.4) is 0 Å². The number of pyridine rings is 1. The molecule has 0 aliphatic rings. The van der Waals surface area contributed by atoms with Gasteiger partial charge in [-0.05, 0) is 13.0 Å². The zero-order chi connectivity index (χ0) is 25.9. The van der Waals surface area contributed by atoms with Gasteiger partial charge in [0, 0.05) is 13.2 Å². The number of anilines is 1. The third-order valence-electron chi connectivity index (χ3n) is 4.26. The molecular formula is C18H20F6N4O5S. The van der Waals surface area contributed by atoms with E-state index in [1.54, 1.807) is 0 Å². The van der Waals surface area contributed by atoms with Crippen LogP contribution in [-0.2, 0) is 34.3 Å². The highest BCUT2D eigenvalue weighted by Crippen LogP contribution is 2.31. The Morgan fingerprint density at radius 2 is 1.82 bits per heavy atom. The van der Waals surface area contributed by atoms with Crippen LogP contribution in [0.25, 0.3) is 0 Å². The number of nitrogens with zero attached hydrogens (tertiary/aromatic N) is 3. The van der Waals surface area contributed by atoms with E-state index >= 15 is 0 Å². The van der Waals surface area contributed by atoms with Crippen LogP contribution in [0.5, 0.6) is 6.01 Å². The number of ether oxygens (including phenoxy) is 2. The Hall–Kier alpha value is -3.04. The Balaban J connectivity index is 2.46. The number of imidazole rings is 1. The van der Waals surface area contributed by atoms with Gasteiger partial charge in [0.1, 0.15) is 0 Å². The molecule has 0 saturated carbocycles. The van der Waals surface area contributed by atoms with E-state index in [-0.39, 0.29) is 12.3 Å². The van der Waals surface area contributed by atoms with Crippen molar-refractivity contribution in [1.82, 2.24) is 14.5 Å². The molecule has 0 aliphatic heterocycles. The van der Waals surface area contributed by atoms with Gasteiger partial charge in [-0.15, -0.1) is 0 Å². The first-order valence-corrected chi connectivity index (χ1v) is 11.2. The van der Waals surface area contributed by atoms with Crippen molar-refractivity contribution in [3.63, 3.8) is 0 Å². The number of rotatable bonds is 9. The maximum Gasteiger partial charge on any atom is 0.422 e. The zero-order valence-electron chi connectivity index (χ0n) is 18.0. The van der Waals surface area contributed by atoms with Gasteiger partial charge in [-0.2, -0.15) is 31.3 Å². The smallest absolute Gasteiger partial charge is 0.422 e. The van der Waals surface area contributed by atoms with Gasteiger partial charge >= 0.3 is 18.3 Å². The molecule has 16 heteroatoms. The summed E-state index contributed by atoms with van der Waals surface area (Å²) in [5.74, 6) is -1.97. The summed E-state index contributed by atoms with van der Waals surface area (Å²) in [4.78, 5) is 19.5. The van der Waals surface area contributed by atoms with Crippen molar-refractivity contribution in [3.05, 3.63) is 29.1 Å². The van der Waals surface area contributed by atoms with Crippen molar-refractivity contribution in [3.8, 4) is 6.01 Å². The maximum atomic E-state index is 13.0. The predicted octanol–water partition coefficient (Wildman–Crippen LogP) is 3.36. The fourth-order valence-electron chi connectivity index (χ4n) is 2.69. The third-order valence-corrected chi connectivity index (χ3v) is 6.07. The summed E-state index contributed by atoms with van der Waals surface area (Å²) in [5, 5.41) is 1.98. The van der Waals surface area contributed by atoms with Crippen LogP contribution in [0, 0.1) is 0 Å². The molecule has 2 aromatic rings. The van der Waals surface area contributed by atoms with Crippen LogP contribution < -0.4 is 10.1 Å². The van der Waals surface area contributed by atoms with Crippen LogP contribution in [0.15, 0.2) is 17.3 Å². The van der Waals surface area contributed by atoms with Crippen molar-refractivity contribution in [2.45, 2.75) is 37.8 Å². The van der Waals surface area contributed by atoms with E-state index in [0.29, 0.717) is 12.3 Å². The van der Waals surface area contributed by atoms with E-state index in [9.17, 15) is 39.6 Å². The quantitative estimate of drug-likeness (QED) is 0.397. The van der Waals surface area contributed by atoms with Crippen molar-refractivity contribution in [1.29, 1.82) is 0 Å². The fraction of sp³-hybridized carbons (Fsp3) is 0.500. The predicted molar refractivity (Wildman–Crippen MR) is 105 cm³/mol. The SMILES string of the molecule is CCOC(=O)c1cc(C(F)(F)F)cnc1CNc1nc(OCC(F)(F)F)n(C)c1S(=O)(=O)CC. The molecule has 0 unspecified atom stereocenters. The molecule has 34 heavy (non-hydrogen) atoms. The molecule has 0 aliphatic carbocycles. The van der Waals surface area contributed by atoms with Crippen molar-refractivity contribution in [2.75, 3.05) is 24.3 Å². The lowest BCUT2D eigenvalue weighted by atomic mass is 10.1. The summed E-state index contributed by atoms with van der Waals surface area (Å²) in [6, 6.07) is -0.139. The minimum atomic E-state index is -4.80. The number of carbonyl (C=O) groups is 1. The minimum Gasteiger partial charge on any atom is -0.462 e. The van der Waals surface area contributed by atoms with Crippen LogP contribution in [0.1, 0.15) is 35.5 Å². The molecule has 0 aromatic carbocycles. The van der Waals surface area contributed by atoms with Gasteiger partial charge in [-0.25, -0.2) is 13.2 Å². The van der Waals surface area contributed by atoms with Crippen LogP contribution >= 0.6 is 0 Å². The minimum absolute atomic E-state index is 0.138. The van der Waals surface area contributed by atoms with E-state index in [4.69, 9.17) is 4.74 Å². The highest BCUT2D eigenvalue weighted by molar-refractivity contribution is 7.91. The van der Waals surface area contributed by atoms with Crippen LogP contribution in [0.2, 0.25) is 0 Å². The van der Waals surface area contributed by atoms with Crippen molar-refractivity contribution < 1.29 is 49.0 Å². The van der Waals surface area contributed by atoms with E-state index < -0.39 is 75.0 Å². The molecule has 9 nitrogen and oxygen atoms in total. The standard InChI is InChI=1S/C18H20F6N4O5S/c1-4-32-15(29)11-6-10(18(22,23)24)7-25-12(11)8-26-13-14(34(30,31)5-2)28(3)16(27-13)33-9-17(19,20)21/h6-7,26H,4-5,8-9H2,1-3H3. The molecule has 0 bridgehead atoms. The number of hydrogen-bond acceptors (Lipinski definition) is 8. The van der Waals surface area contributed by atoms with E-state index in [1.807, 2.05) is 0 Å². The maximum absolute atomic E-state index is 13.0. The monoisotopic (exact) mass is 518 g/mol. The topological polar surface area (TPSA) is 112 Å². The molecule has 190 valence electrons. The fourth-order valence-corrected chi connectivity index (χ4v) is 3.87. The van der Waals surface area contributed by atoms with Gasteiger partial charge in [0.15, 0.2) is 27.3 Å². The van der Waals surface area contributed by atoms with Gasteiger partial charge in [-0.1, -0.05) is 6.92 Å². The Morgan fingerprint density at radius 1 is 1.18 bits per heavy atom. The summed E-state index contributed by atoms with van der Waals surface area (Å²) in [6.45, 7) is 0.347. The first-order chi connectivity index (χ1) is 15.6. The van der Waals surface area contributed by atoms with Gasteiger partial charge in [0.25, 0.3) is 6.01 Å². The number of hydrogen-bond donors (Lipinski definition) is 1. The molecule has 0 radical (unpaired) electrons. The van der Waals surface area contributed by atoms with Gasteiger partial charge in [0.05, 0.1) is 35.7 Å². The summed E-state index contributed by atoms with van der Waals surface area (Å²) in [6.07, 6.45) is -9.05. The third kappa shape index (κ3) is 6.51. The Morgan fingerprint density at radius 3 is 2.35 bits per heavy atom. The number of carbonyl (C=O) groups excluding carboxylic acids is 1. The van der Waals surface area contributed by atoms with Crippen molar-refractivity contribution >= 4 is 21.6 Å². The highest BCUT2D eigenvalue weighted by Gasteiger charge is 2.34. The number of halogens is 6. The van der Waals surface area contributed by atoms with Gasteiger partial charge in [-0.3, -0.25) is 9.55 Å². The molecule has 1 N–H and O–H groups in total. The zero-order valence-corrected chi connectivity index (χ0v) is 18.9. The summed E-state index contributed by atoms with van der Waals surface area (Å²) in [7, 11) is -2.92. The molecule has 2 aromatic heterocycles. The molecule has 0 fully saturated rings. The van der Waals surface area contributed by atoms with Gasteiger partial charge < -0.3 is 14.8 Å². The molecule has 0 saturated heterocycles. The molecule has 0 atom stereocenters. The average Bonchev–Trinajstić information content (AvgIpc) is 3.05. The number of esters is 1. The molecular weight excluding hydrogens is 498 g/mol. The Kier molecular flexibility index (Phi) is 8.06. The van der Waals surface area contributed by atoms with E-state index in [1.165, 1.54) is 13.8 Å². The normalized spacial score (nSPS) is 12.5. The Bertz CT molecular complexity index is 1140.